The fourth-order valence-electron chi connectivity index (χ4n) is 9.28. The standard InChI is InChI=1S/C55H37NO/c1-5-17-38(18-6-1)39-29-33-44(34-30-39)56(43-23-11-4-12-24-43)45-35-31-40(32-36-45)48-37-50-53(54-52(48)47-26-14-16-28-51(47)57-54)46-25-13-15-27-49(46)55(50,41-19-7-2-8-20-41)42-21-9-3-10-22-42/h1-37H. The average Bonchev–Trinajstić information content (AvgIpc) is 3.82. The third-order valence-corrected chi connectivity index (χ3v) is 11.8. The molecule has 2 heteroatoms. The van der Waals surface area contributed by atoms with E-state index in [0.717, 1.165) is 50.1 Å². The molecule has 0 saturated carbocycles. The molecule has 1 heterocycles. The Kier molecular flexibility index (Phi) is 7.75. The maximum absolute atomic E-state index is 6.99. The Morgan fingerprint density at radius 3 is 1.51 bits per heavy atom. The summed E-state index contributed by atoms with van der Waals surface area (Å²) in [5.41, 5.74) is 16.6. The van der Waals surface area contributed by atoms with Crippen LogP contribution in [0.25, 0.3) is 55.3 Å². The molecule has 268 valence electrons. The minimum absolute atomic E-state index is 0.549. The first-order valence-corrected chi connectivity index (χ1v) is 19.6. The Hall–Kier alpha value is -7.42. The fourth-order valence-corrected chi connectivity index (χ4v) is 9.28. The van der Waals surface area contributed by atoms with E-state index in [1.807, 2.05) is 0 Å². The Bertz CT molecular complexity index is 2980. The van der Waals surface area contributed by atoms with Gasteiger partial charge in [-0.25, -0.2) is 0 Å². The van der Waals surface area contributed by atoms with Crippen LogP contribution in [0.1, 0.15) is 22.3 Å². The lowest BCUT2D eigenvalue weighted by Crippen LogP contribution is -2.28. The summed E-state index contributed by atoms with van der Waals surface area (Å²) in [5.74, 6) is 0. The van der Waals surface area contributed by atoms with Crippen LogP contribution in [0, 0.1) is 0 Å². The summed E-state index contributed by atoms with van der Waals surface area (Å²) >= 11 is 0. The summed E-state index contributed by atoms with van der Waals surface area (Å²) < 4.78 is 6.99. The summed E-state index contributed by atoms with van der Waals surface area (Å²) in [5, 5.41) is 2.26. The number of furan rings is 1. The van der Waals surface area contributed by atoms with Crippen molar-refractivity contribution < 1.29 is 4.42 Å². The first-order chi connectivity index (χ1) is 28.3. The van der Waals surface area contributed by atoms with Gasteiger partial charge in [-0.15, -0.1) is 0 Å². The van der Waals surface area contributed by atoms with Gasteiger partial charge in [0.25, 0.3) is 0 Å². The van der Waals surface area contributed by atoms with E-state index in [1.165, 1.54) is 44.5 Å². The summed E-state index contributed by atoms with van der Waals surface area (Å²) in [6, 6.07) is 80.9. The van der Waals surface area contributed by atoms with E-state index >= 15 is 0 Å². The number of fused-ring (bicyclic) bond motifs is 7. The minimum atomic E-state index is -0.549. The molecule has 0 unspecified atom stereocenters. The van der Waals surface area contributed by atoms with Crippen LogP contribution in [0.5, 0.6) is 0 Å². The van der Waals surface area contributed by atoms with Gasteiger partial charge in [0.05, 0.1) is 5.41 Å². The molecule has 1 aliphatic rings. The molecular weight excluding hydrogens is 691 g/mol. The molecule has 0 atom stereocenters. The second-order valence-electron chi connectivity index (χ2n) is 14.8. The molecule has 9 aromatic carbocycles. The lowest BCUT2D eigenvalue weighted by molar-refractivity contribution is 0.669. The van der Waals surface area contributed by atoms with E-state index < -0.39 is 5.41 Å². The SMILES string of the molecule is c1ccc(-c2ccc(N(c3ccccc3)c3ccc(-c4cc5c(c6oc7ccccc7c46)-c4ccccc4C5(c4ccccc4)c4ccccc4)cc3)cc2)cc1. The van der Waals surface area contributed by atoms with Crippen molar-refractivity contribution in [1.82, 2.24) is 0 Å². The molecule has 10 aromatic rings. The third kappa shape index (κ3) is 5.18. The van der Waals surface area contributed by atoms with Crippen LogP contribution in [-0.4, -0.2) is 0 Å². The van der Waals surface area contributed by atoms with Gasteiger partial charge in [0.2, 0.25) is 0 Å². The van der Waals surface area contributed by atoms with Crippen molar-refractivity contribution in [3.05, 3.63) is 247 Å². The van der Waals surface area contributed by atoms with Gasteiger partial charge in [-0.2, -0.15) is 0 Å². The smallest absolute Gasteiger partial charge is 0.144 e. The maximum atomic E-state index is 6.99. The number of hydrogen-bond donors (Lipinski definition) is 0. The highest BCUT2D eigenvalue weighted by Crippen LogP contribution is 2.60. The third-order valence-electron chi connectivity index (χ3n) is 11.8. The van der Waals surface area contributed by atoms with E-state index in [0.29, 0.717) is 0 Å². The highest BCUT2D eigenvalue weighted by Gasteiger charge is 2.47. The van der Waals surface area contributed by atoms with Crippen LogP contribution in [0.15, 0.2) is 229 Å². The maximum Gasteiger partial charge on any atom is 0.144 e. The van der Waals surface area contributed by atoms with Gasteiger partial charge in [-0.1, -0.05) is 176 Å². The number of para-hydroxylation sites is 2. The molecule has 0 amide bonds. The van der Waals surface area contributed by atoms with Gasteiger partial charge in [-0.3, -0.25) is 0 Å². The molecular formula is C55H37NO. The first-order valence-electron chi connectivity index (χ1n) is 19.6. The number of anilines is 3. The molecule has 0 radical (unpaired) electrons. The van der Waals surface area contributed by atoms with Gasteiger partial charge in [-0.05, 0) is 98.6 Å². The van der Waals surface area contributed by atoms with Gasteiger partial charge in [0, 0.05) is 33.4 Å². The highest BCUT2D eigenvalue weighted by atomic mass is 16.3. The molecule has 11 rings (SSSR count). The van der Waals surface area contributed by atoms with Gasteiger partial charge >= 0.3 is 0 Å². The Morgan fingerprint density at radius 1 is 0.368 bits per heavy atom. The zero-order chi connectivity index (χ0) is 37.8. The lowest BCUT2D eigenvalue weighted by atomic mass is 9.67. The molecule has 0 bridgehead atoms. The van der Waals surface area contributed by atoms with Crippen molar-refractivity contribution in [3.63, 3.8) is 0 Å². The molecule has 1 aromatic heterocycles. The van der Waals surface area contributed by atoms with E-state index in [2.05, 4.69) is 229 Å². The predicted octanol–water partition coefficient (Wildman–Crippen LogP) is 14.8. The highest BCUT2D eigenvalue weighted by molar-refractivity contribution is 6.18. The number of nitrogens with zero attached hydrogens (tertiary/aromatic N) is 1. The molecule has 0 N–H and O–H groups in total. The number of benzene rings is 9. The molecule has 1 aliphatic carbocycles. The van der Waals surface area contributed by atoms with Crippen molar-refractivity contribution in [2.45, 2.75) is 5.41 Å². The number of hydrogen-bond acceptors (Lipinski definition) is 2. The average molecular weight is 728 g/mol. The Labute approximate surface area is 332 Å². The summed E-state index contributed by atoms with van der Waals surface area (Å²) in [7, 11) is 0. The quantitative estimate of drug-likeness (QED) is 0.163. The van der Waals surface area contributed by atoms with Crippen LogP contribution in [0.2, 0.25) is 0 Å². The van der Waals surface area contributed by atoms with E-state index in [9.17, 15) is 0 Å². The van der Waals surface area contributed by atoms with Crippen molar-refractivity contribution in [3.8, 4) is 33.4 Å². The van der Waals surface area contributed by atoms with Crippen molar-refractivity contribution >= 4 is 39.0 Å². The monoisotopic (exact) mass is 727 g/mol. The van der Waals surface area contributed by atoms with Crippen LogP contribution < -0.4 is 4.90 Å². The predicted molar refractivity (Wildman–Crippen MR) is 237 cm³/mol. The molecule has 2 nitrogen and oxygen atoms in total. The first kappa shape index (κ1) is 33.0. The van der Waals surface area contributed by atoms with E-state index in [-0.39, 0.29) is 0 Å². The normalized spacial score (nSPS) is 12.7. The van der Waals surface area contributed by atoms with Gasteiger partial charge < -0.3 is 9.32 Å². The van der Waals surface area contributed by atoms with Crippen molar-refractivity contribution in [2.24, 2.45) is 0 Å². The molecule has 0 aliphatic heterocycles. The van der Waals surface area contributed by atoms with Crippen LogP contribution >= 0.6 is 0 Å². The summed E-state index contributed by atoms with van der Waals surface area (Å²) in [6.07, 6.45) is 0. The zero-order valence-electron chi connectivity index (χ0n) is 31.2. The largest absolute Gasteiger partial charge is 0.455 e. The number of rotatable bonds is 7. The van der Waals surface area contributed by atoms with Gasteiger partial charge in [0.15, 0.2) is 0 Å². The Balaban J connectivity index is 1.13. The van der Waals surface area contributed by atoms with Crippen LogP contribution in [0.3, 0.4) is 0 Å². The Morgan fingerprint density at radius 2 is 0.860 bits per heavy atom. The second-order valence-corrected chi connectivity index (χ2v) is 14.8. The van der Waals surface area contributed by atoms with Crippen LogP contribution in [-0.2, 0) is 5.41 Å². The van der Waals surface area contributed by atoms with E-state index in [4.69, 9.17) is 4.42 Å². The van der Waals surface area contributed by atoms with Gasteiger partial charge in [0.1, 0.15) is 11.2 Å². The minimum Gasteiger partial charge on any atom is -0.455 e. The summed E-state index contributed by atoms with van der Waals surface area (Å²) in [6.45, 7) is 0. The van der Waals surface area contributed by atoms with Crippen molar-refractivity contribution in [1.29, 1.82) is 0 Å². The molecule has 0 spiro atoms. The summed E-state index contributed by atoms with van der Waals surface area (Å²) in [4.78, 5) is 2.33. The molecule has 57 heavy (non-hydrogen) atoms. The second kappa shape index (κ2) is 13.4. The molecule has 0 fully saturated rings. The zero-order valence-corrected chi connectivity index (χ0v) is 31.2. The molecule has 0 saturated heterocycles. The van der Waals surface area contributed by atoms with E-state index in [1.54, 1.807) is 0 Å². The topological polar surface area (TPSA) is 16.4 Å². The van der Waals surface area contributed by atoms with Crippen molar-refractivity contribution in [2.75, 3.05) is 4.90 Å². The van der Waals surface area contributed by atoms with Crippen LogP contribution in [0.4, 0.5) is 17.1 Å². The fraction of sp³-hybridized carbons (Fsp3) is 0.0182. The lowest BCUT2D eigenvalue weighted by Gasteiger charge is -2.34.